The summed E-state index contributed by atoms with van der Waals surface area (Å²) in [5, 5.41) is 6.78. The Morgan fingerprint density at radius 1 is 1.09 bits per heavy atom. The van der Waals surface area contributed by atoms with Gasteiger partial charge in [-0.3, -0.25) is 10.1 Å². The van der Waals surface area contributed by atoms with E-state index in [0.29, 0.717) is 11.3 Å². The summed E-state index contributed by atoms with van der Waals surface area (Å²) >= 11 is 0. The molecule has 23 heavy (non-hydrogen) atoms. The van der Waals surface area contributed by atoms with Crippen LogP contribution in [0.2, 0.25) is 0 Å². The quantitative estimate of drug-likeness (QED) is 0.630. The number of nitrogens with one attached hydrogen (secondary N) is 1. The van der Waals surface area contributed by atoms with Crippen LogP contribution in [0.5, 0.6) is 0 Å². The SMILES string of the molecule is O=C(Nc1ncc(-c2ccccc2)o1)c1cccn2nccc12. The number of rotatable bonds is 3. The second-order valence-corrected chi connectivity index (χ2v) is 4.93. The van der Waals surface area contributed by atoms with Gasteiger partial charge < -0.3 is 4.42 Å². The van der Waals surface area contributed by atoms with Gasteiger partial charge >= 0.3 is 6.01 Å². The standard InChI is InChI=1S/C17H12N4O2/c22-16(13-7-4-10-21-14(13)8-9-19-21)20-17-18-11-15(23-17)12-5-2-1-3-6-12/h1-11H,(H,18,20,22). The second-order valence-electron chi connectivity index (χ2n) is 4.93. The largest absolute Gasteiger partial charge is 0.423 e. The Labute approximate surface area is 131 Å². The summed E-state index contributed by atoms with van der Waals surface area (Å²) in [5.41, 5.74) is 2.13. The molecule has 6 nitrogen and oxygen atoms in total. The Kier molecular flexibility index (Phi) is 3.12. The third kappa shape index (κ3) is 2.46. The number of carbonyl (C=O) groups is 1. The number of fused-ring (bicyclic) bond motifs is 1. The molecule has 1 amide bonds. The number of anilines is 1. The predicted octanol–water partition coefficient (Wildman–Crippen LogP) is 3.24. The lowest BCUT2D eigenvalue weighted by Gasteiger charge is -2.03. The van der Waals surface area contributed by atoms with Gasteiger partial charge in [0.25, 0.3) is 5.91 Å². The van der Waals surface area contributed by atoms with Gasteiger partial charge in [0.05, 0.1) is 23.5 Å². The molecule has 0 saturated heterocycles. The van der Waals surface area contributed by atoms with Crippen molar-refractivity contribution in [2.75, 3.05) is 5.32 Å². The van der Waals surface area contributed by atoms with Gasteiger partial charge in [0.15, 0.2) is 5.76 Å². The first-order valence-corrected chi connectivity index (χ1v) is 7.06. The molecule has 4 rings (SSSR count). The van der Waals surface area contributed by atoms with E-state index < -0.39 is 0 Å². The molecule has 0 radical (unpaired) electrons. The summed E-state index contributed by atoms with van der Waals surface area (Å²) in [6.45, 7) is 0. The van der Waals surface area contributed by atoms with E-state index in [1.54, 1.807) is 41.3 Å². The molecule has 112 valence electrons. The topological polar surface area (TPSA) is 72.4 Å². The average Bonchev–Trinajstić information content (AvgIpc) is 3.24. The van der Waals surface area contributed by atoms with Crippen LogP contribution < -0.4 is 5.32 Å². The molecule has 0 saturated carbocycles. The minimum absolute atomic E-state index is 0.162. The first-order valence-electron chi connectivity index (χ1n) is 7.06. The number of amides is 1. The maximum Gasteiger partial charge on any atom is 0.302 e. The minimum Gasteiger partial charge on any atom is -0.423 e. The van der Waals surface area contributed by atoms with Crippen LogP contribution in [-0.2, 0) is 0 Å². The number of hydrogen-bond donors (Lipinski definition) is 1. The zero-order valence-electron chi connectivity index (χ0n) is 12.0. The van der Waals surface area contributed by atoms with E-state index in [4.69, 9.17) is 4.42 Å². The number of pyridine rings is 1. The fraction of sp³-hybridized carbons (Fsp3) is 0. The molecule has 0 unspecified atom stereocenters. The Hall–Kier alpha value is -3.41. The Morgan fingerprint density at radius 3 is 2.83 bits per heavy atom. The van der Waals surface area contributed by atoms with Crippen LogP contribution in [0.4, 0.5) is 6.01 Å². The highest BCUT2D eigenvalue weighted by Crippen LogP contribution is 2.22. The molecule has 3 aromatic heterocycles. The first-order chi connectivity index (χ1) is 11.3. The zero-order valence-corrected chi connectivity index (χ0v) is 12.0. The Bertz CT molecular complexity index is 972. The third-order valence-electron chi connectivity index (χ3n) is 3.47. The molecule has 3 heterocycles. The highest BCUT2D eigenvalue weighted by Gasteiger charge is 2.14. The number of carbonyl (C=O) groups excluding carboxylic acids is 1. The van der Waals surface area contributed by atoms with E-state index in [0.717, 1.165) is 11.1 Å². The first kappa shape index (κ1) is 13.3. The van der Waals surface area contributed by atoms with Crippen molar-refractivity contribution in [1.29, 1.82) is 0 Å². The van der Waals surface area contributed by atoms with E-state index in [-0.39, 0.29) is 11.9 Å². The molecular weight excluding hydrogens is 292 g/mol. The maximum absolute atomic E-state index is 12.4. The lowest BCUT2D eigenvalue weighted by atomic mass is 10.2. The number of hydrogen-bond acceptors (Lipinski definition) is 4. The lowest BCUT2D eigenvalue weighted by molar-refractivity contribution is 0.102. The number of aromatic nitrogens is 3. The summed E-state index contributed by atoms with van der Waals surface area (Å²) in [4.78, 5) is 16.5. The van der Waals surface area contributed by atoms with Gasteiger partial charge in [-0.1, -0.05) is 30.3 Å². The van der Waals surface area contributed by atoms with Crippen LogP contribution >= 0.6 is 0 Å². The minimum atomic E-state index is -0.294. The van der Waals surface area contributed by atoms with Gasteiger partial charge in [-0.15, -0.1) is 0 Å². The van der Waals surface area contributed by atoms with Crippen LogP contribution in [0.3, 0.4) is 0 Å². The molecule has 0 spiro atoms. The molecule has 1 aromatic carbocycles. The van der Waals surface area contributed by atoms with Crippen LogP contribution in [-0.4, -0.2) is 20.5 Å². The van der Waals surface area contributed by atoms with Gasteiger partial charge in [-0.2, -0.15) is 5.10 Å². The fourth-order valence-electron chi connectivity index (χ4n) is 2.38. The van der Waals surface area contributed by atoms with Gasteiger partial charge in [-0.05, 0) is 18.2 Å². The van der Waals surface area contributed by atoms with Crippen molar-refractivity contribution in [2.24, 2.45) is 0 Å². The smallest absolute Gasteiger partial charge is 0.302 e. The molecule has 6 heteroatoms. The highest BCUT2D eigenvalue weighted by molar-refractivity contribution is 6.07. The van der Waals surface area contributed by atoms with Crippen molar-refractivity contribution in [3.05, 3.63) is 72.7 Å². The number of benzene rings is 1. The molecular formula is C17H12N4O2. The summed E-state index contributed by atoms with van der Waals surface area (Å²) in [7, 11) is 0. The van der Waals surface area contributed by atoms with E-state index in [2.05, 4.69) is 15.4 Å². The van der Waals surface area contributed by atoms with Gasteiger partial charge in [-0.25, -0.2) is 9.50 Å². The summed E-state index contributed by atoms with van der Waals surface area (Å²) < 4.78 is 7.23. The highest BCUT2D eigenvalue weighted by atomic mass is 16.4. The number of nitrogens with zero attached hydrogens (tertiary/aromatic N) is 3. The molecule has 0 aliphatic rings. The van der Waals surface area contributed by atoms with Crippen molar-refractivity contribution >= 4 is 17.4 Å². The molecule has 0 bridgehead atoms. The maximum atomic E-state index is 12.4. The van der Waals surface area contributed by atoms with E-state index >= 15 is 0 Å². The van der Waals surface area contributed by atoms with E-state index in [1.165, 1.54) is 0 Å². The molecule has 0 fully saturated rings. The van der Waals surface area contributed by atoms with Crippen LogP contribution in [0.15, 0.2) is 71.5 Å². The predicted molar refractivity (Wildman–Crippen MR) is 85.1 cm³/mol. The lowest BCUT2D eigenvalue weighted by Crippen LogP contribution is -2.13. The molecule has 4 aromatic rings. The van der Waals surface area contributed by atoms with Crippen molar-refractivity contribution in [1.82, 2.24) is 14.6 Å². The molecule has 0 aliphatic carbocycles. The van der Waals surface area contributed by atoms with Crippen molar-refractivity contribution in [3.8, 4) is 11.3 Å². The Balaban J connectivity index is 1.60. The summed E-state index contributed by atoms with van der Waals surface area (Å²) in [6.07, 6.45) is 5.01. The second kappa shape index (κ2) is 5.42. The van der Waals surface area contributed by atoms with Gasteiger partial charge in [0, 0.05) is 11.8 Å². The Morgan fingerprint density at radius 2 is 1.96 bits per heavy atom. The molecule has 0 atom stereocenters. The van der Waals surface area contributed by atoms with E-state index in [9.17, 15) is 4.79 Å². The van der Waals surface area contributed by atoms with Crippen LogP contribution in [0.25, 0.3) is 16.8 Å². The average molecular weight is 304 g/mol. The summed E-state index contributed by atoms with van der Waals surface area (Å²) in [5.74, 6) is 0.307. The van der Waals surface area contributed by atoms with Crippen molar-refractivity contribution in [2.45, 2.75) is 0 Å². The normalized spacial score (nSPS) is 10.8. The third-order valence-corrected chi connectivity index (χ3v) is 3.47. The van der Waals surface area contributed by atoms with Crippen molar-refractivity contribution < 1.29 is 9.21 Å². The van der Waals surface area contributed by atoms with Crippen molar-refractivity contribution in [3.63, 3.8) is 0 Å². The van der Waals surface area contributed by atoms with E-state index in [1.807, 2.05) is 30.3 Å². The fourth-order valence-corrected chi connectivity index (χ4v) is 2.38. The van der Waals surface area contributed by atoms with Crippen LogP contribution in [0.1, 0.15) is 10.4 Å². The van der Waals surface area contributed by atoms with Gasteiger partial charge in [0.1, 0.15) is 0 Å². The molecule has 0 aliphatic heterocycles. The molecule has 1 N–H and O–H groups in total. The summed E-state index contributed by atoms with van der Waals surface area (Å²) in [6, 6.07) is 15.0. The van der Waals surface area contributed by atoms with Gasteiger partial charge in [0.2, 0.25) is 0 Å². The number of oxazole rings is 1. The monoisotopic (exact) mass is 304 g/mol. The van der Waals surface area contributed by atoms with Crippen LogP contribution in [0, 0.1) is 0 Å². The zero-order chi connectivity index (χ0) is 15.6.